The van der Waals surface area contributed by atoms with Crippen molar-refractivity contribution in [1.29, 1.82) is 0 Å². The van der Waals surface area contributed by atoms with Crippen LogP contribution in [-0.2, 0) is 46.0 Å². The average molecular weight is 725 g/mol. The van der Waals surface area contributed by atoms with Crippen molar-refractivity contribution in [1.82, 2.24) is 28.9 Å². The molecule has 3 aliphatic heterocycles. The van der Waals surface area contributed by atoms with Crippen molar-refractivity contribution >= 4 is 21.8 Å². The maximum Gasteiger partial charge on any atom is 0.417 e. The molecule has 2 saturated heterocycles. The Balaban J connectivity index is 1.21. The lowest BCUT2D eigenvalue weighted by molar-refractivity contribution is -0.139. The Morgan fingerprint density at radius 3 is 2.47 bits per heavy atom. The maximum atomic E-state index is 14.2. The summed E-state index contributed by atoms with van der Waals surface area (Å²) in [6, 6.07) is 9.41. The normalized spacial score (nSPS) is 20.3. The van der Waals surface area contributed by atoms with E-state index in [0.29, 0.717) is 100 Å². The molecule has 6 rings (SSSR count). The molecule has 2 aromatic heterocycles. The van der Waals surface area contributed by atoms with Crippen LogP contribution >= 0.6 is 11.8 Å². The summed E-state index contributed by atoms with van der Waals surface area (Å²) in [5.41, 5.74) is 1.17. The summed E-state index contributed by atoms with van der Waals surface area (Å²) in [5, 5.41) is 26.9. The molecule has 2 fully saturated rings. The number of fused-ring (bicyclic) bond motifs is 1. The van der Waals surface area contributed by atoms with Crippen LogP contribution in [0, 0.1) is 0 Å². The molecule has 0 amide bonds. The first-order valence-corrected chi connectivity index (χ1v) is 19.4. The van der Waals surface area contributed by atoms with Crippen LogP contribution in [0.1, 0.15) is 35.4 Å². The van der Waals surface area contributed by atoms with E-state index < -0.39 is 33.5 Å². The van der Waals surface area contributed by atoms with E-state index >= 15 is 0 Å². The summed E-state index contributed by atoms with van der Waals surface area (Å²) in [4.78, 5) is 8.63. The lowest BCUT2D eigenvalue weighted by atomic mass is 9.88. The second-order valence-electron chi connectivity index (χ2n) is 13.0. The number of thioether (sulfide) groups is 1. The second-order valence-corrected chi connectivity index (χ2v) is 16.1. The number of halogens is 3. The van der Waals surface area contributed by atoms with Crippen molar-refractivity contribution < 1.29 is 36.5 Å². The fourth-order valence-corrected chi connectivity index (χ4v) is 8.73. The standard InChI is InChI=1S/C33H43F3N6O5S2/c1-49(45,46)41-11-7-28-26(23-41)31(38-42(28)22-25(43)21-40-14-17-47-18-15-40)24-5-6-27(33(34,35)36)29(20-24)48-19-16-39-12-8-32(44,9-13-39)30-4-2-3-10-37-30/h2-6,10,20,25,43-44H,7-9,11-19,21-23H2,1H3. The van der Waals surface area contributed by atoms with Crippen LogP contribution in [0.25, 0.3) is 11.3 Å². The number of likely N-dealkylation sites (tertiary alicyclic amines) is 1. The topological polar surface area (TPSA) is 124 Å². The Morgan fingerprint density at radius 1 is 1.04 bits per heavy atom. The fraction of sp³-hybridized carbons (Fsp3) is 0.576. The first kappa shape index (κ1) is 36.2. The second kappa shape index (κ2) is 15.0. The van der Waals surface area contributed by atoms with E-state index in [1.807, 2.05) is 12.1 Å². The van der Waals surface area contributed by atoms with E-state index in [-0.39, 0.29) is 24.5 Å². The molecular weight excluding hydrogens is 682 g/mol. The first-order valence-electron chi connectivity index (χ1n) is 16.5. The van der Waals surface area contributed by atoms with Crippen LogP contribution in [0.3, 0.4) is 0 Å². The number of sulfonamides is 1. The number of nitrogens with zero attached hydrogens (tertiary/aromatic N) is 6. The number of β-amino-alcohol motifs (C(OH)–C–C–N with tert-alkyl or cyclic N) is 1. The fourth-order valence-electron chi connectivity index (χ4n) is 6.82. The highest BCUT2D eigenvalue weighted by molar-refractivity contribution is 7.99. The number of morpholine rings is 1. The molecule has 1 atom stereocenters. The van der Waals surface area contributed by atoms with Crippen molar-refractivity contribution in [2.45, 2.75) is 55.1 Å². The molecule has 3 aromatic rings. The van der Waals surface area contributed by atoms with Gasteiger partial charge in [-0.3, -0.25) is 14.6 Å². The molecule has 5 heterocycles. The van der Waals surface area contributed by atoms with Crippen LogP contribution in [0.5, 0.6) is 0 Å². The number of alkyl halides is 3. The van der Waals surface area contributed by atoms with Crippen molar-refractivity contribution in [2.24, 2.45) is 0 Å². The maximum absolute atomic E-state index is 14.2. The molecule has 1 unspecified atom stereocenters. The molecule has 3 aliphatic rings. The van der Waals surface area contributed by atoms with E-state index in [1.54, 1.807) is 16.9 Å². The van der Waals surface area contributed by atoms with Gasteiger partial charge in [0.05, 0.1) is 49.1 Å². The Morgan fingerprint density at radius 2 is 1.80 bits per heavy atom. The number of hydrogen-bond acceptors (Lipinski definition) is 10. The van der Waals surface area contributed by atoms with Crippen LogP contribution < -0.4 is 0 Å². The lowest BCUT2D eigenvalue weighted by Gasteiger charge is -2.37. The third-order valence-corrected chi connectivity index (χ3v) is 11.9. The molecule has 0 bridgehead atoms. The third kappa shape index (κ3) is 8.67. The van der Waals surface area contributed by atoms with Crippen LogP contribution in [-0.4, -0.2) is 125 Å². The number of rotatable bonds is 11. The van der Waals surface area contributed by atoms with Gasteiger partial charge < -0.3 is 19.8 Å². The Hall–Kier alpha value is -2.57. The van der Waals surface area contributed by atoms with Gasteiger partial charge in [0.25, 0.3) is 0 Å². The summed E-state index contributed by atoms with van der Waals surface area (Å²) in [6.45, 7) is 5.23. The minimum atomic E-state index is -4.57. The Bertz CT molecular complexity index is 1690. The number of aliphatic hydroxyl groups excluding tert-OH is 1. The van der Waals surface area contributed by atoms with E-state index in [9.17, 15) is 31.8 Å². The van der Waals surface area contributed by atoms with E-state index in [2.05, 4.69) is 14.8 Å². The van der Waals surface area contributed by atoms with Gasteiger partial charge in [-0.1, -0.05) is 12.1 Å². The minimum absolute atomic E-state index is 0.0480. The number of pyridine rings is 1. The zero-order valence-electron chi connectivity index (χ0n) is 27.5. The largest absolute Gasteiger partial charge is 0.417 e. The van der Waals surface area contributed by atoms with Gasteiger partial charge in [-0.15, -0.1) is 11.8 Å². The number of piperidine rings is 1. The monoisotopic (exact) mass is 724 g/mol. The molecule has 49 heavy (non-hydrogen) atoms. The van der Waals surface area contributed by atoms with Gasteiger partial charge in [-0.2, -0.15) is 22.6 Å². The number of benzene rings is 1. The highest BCUT2D eigenvalue weighted by atomic mass is 32.2. The molecule has 268 valence electrons. The van der Waals surface area contributed by atoms with Gasteiger partial charge in [-0.05, 0) is 37.1 Å². The molecule has 16 heteroatoms. The Labute approximate surface area is 289 Å². The molecule has 0 saturated carbocycles. The average Bonchev–Trinajstić information content (AvgIpc) is 3.43. The quantitative estimate of drug-likeness (QED) is 0.286. The first-order chi connectivity index (χ1) is 23.3. The van der Waals surface area contributed by atoms with E-state index in [0.717, 1.165) is 29.8 Å². The zero-order chi connectivity index (χ0) is 34.8. The van der Waals surface area contributed by atoms with Gasteiger partial charge in [0, 0.05) is 92.4 Å². The predicted octanol–water partition coefficient (Wildman–Crippen LogP) is 3.05. The number of aliphatic hydroxyl groups is 2. The highest BCUT2D eigenvalue weighted by Gasteiger charge is 2.37. The summed E-state index contributed by atoms with van der Waals surface area (Å²) in [5.74, 6) is 0.399. The number of hydrogen-bond donors (Lipinski definition) is 2. The number of ether oxygens (including phenoxy) is 1. The van der Waals surface area contributed by atoms with E-state index in [4.69, 9.17) is 9.84 Å². The lowest BCUT2D eigenvalue weighted by Crippen LogP contribution is -2.43. The van der Waals surface area contributed by atoms with E-state index in [1.165, 1.54) is 16.4 Å². The van der Waals surface area contributed by atoms with Gasteiger partial charge in [-0.25, -0.2) is 8.42 Å². The summed E-state index contributed by atoms with van der Waals surface area (Å²) in [6.07, 6.45) is -1.19. The van der Waals surface area contributed by atoms with Crippen LogP contribution in [0.4, 0.5) is 13.2 Å². The van der Waals surface area contributed by atoms with Crippen molar-refractivity contribution in [3.63, 3.8) is 0 Å². The van der Waals surface area contributed by atoms with Crippen LogP contribution in [0.15, 0.2) is 47.5 Å². The Kier molecular flexibility index (Phi) is 11.1. The van der Waals surface area contributed by atoms with Crippen LogP contribution in [0.2, 0.25) is 0 Å². The van der Waals surface area contributed by atoms with Crippen molar-refractivity contribution in [2.75, 3.05) is 71.0 Å². The van der Waals surface area contributed by atoms with Gasteiger partial charge >= 0.3 is 6.18 Å². The highest BCUT2D eigenvalue weighted by Crippen LogP contribution is 2.41. The zero-order valence-corrected chi connectivity index (χ0v) is 29.1. The summed E-state index contributed by atoms with van der Waals surface area (Å²) >= 11 is 1.12. The van der Waals surface area contributed by atoms with Crippen molar-refractivity contribution in [3.05, 3.63) is 65.1 Å². The van der Waals surface area contributed by atoms with Gasteiger partial charge in [0.15, 0.2) is 0 Å². The molecule has 11 nitrogen and oxygen atoms in total. The minimum Gasteiger partial charge on any atom is -0.390 e. The SMILES string of the molecule is CS(=O)(=O)N1CCc2c(c(-c3ccc(C(F)(F)F)c(SCCN4CCC(O)(c5ccccn5)CC4)c3)nn2CC(O)CN2CCOCC2)C1. The molecule has 0 radical (unpaired) electrons. The molecule has 0 aliphatic carbocycles. The molecular formula is C33H43F3N6O5S2. The molecule has 1 aromatic carbocycles. The van der Waals surface area contributed by atoms with Gasteiger partial charge in [0.2, 0.25) is 10.0 Å². The smallest absolute Gasteiger partial charge is 0.390 e. The van der Waals surface area contributed by atoms with Gasteiger partial charge in [0.1, 0.15) is 5.60 Å². The molecule has 2 N–H and O–H groups in total. The predicted molar refractivity (Wildman–Crippen MR) is 179 cm³/mol. The number of aromatic nitrogens is 3. The van der Waals surface area contributed by atoms with Crippen molar-refractivity contribution in [3.8, 4) is 11.3 Å². The summed E-state index contributed by atoms with van der Waals surface area (Å²) in [7, 11) is -3.53. The molecule has 0 spiro atoms. The third-order valence-electron chi connectivity index (χ3n) is 9.57. The summed E-state index contributed by atoms with van der Waals surface area (Å²) < 4.78 is 76.1.